The summed E-state index contributed by atoms with van der Waals surface area (Å²) in [6.07, 6.45) is 4.91. The molecule has 10 nitrogen and oxygen atoms in total. The molecule has 180 valence electrons. The van der Waals surface area contributed by atoms with Gasteiger partial charge in [-0.1, -0.05) is 12.1 Å². The van der Waals surface area contributed by atoms with Crippen molar-refractivity contribution in [1.29, 1.82) is 0 Å². The summed E-state index contributed by atoms with van der Waals surface area (Å²) in [6, 6.07) is 10.1. The summed E-state index contributed by atoms with van der Waals surface area (Å²) in [4.78, 5) is 3.96. The number of phenolic OH excluding ortho intramolecular Hbond substituents is 2. The largest absolute Gasteiger partial charge is 0.504 e. The number of aromatic hydroxyl groups is 3. The fraction of sp³-hybridized carbons (Fsp3) is 0.167. The van der Waals surface area contributed by atoms with Crippen molar-refractivity contribution >= 4 is 37.5 Å². The van der Waals surface area contributed by atoms with Gasteiger partial charge >= 0.3 is 0 Å². The second kappa shape index (κ2) is 8.20. The Hall–Kier alpha value is -4.25. The number of nitrogens with one attached hydrogen (secondary N) is 1. The van der Waals surface area contributed by atoms with Crippen molar-refractivity contribution in [3.63, 3.8) is 0 Å². The van der Waals surface area contributed by atoms with Crippen molar-refractivity contribution in [3.05, 3.63) is 60.6 Å². The van der Waals surface area contributed by atoms with Crippen molar-refractivity contribution in [2.75, 3.05) is 10.5 Å². The summed E-state index contributed by atoms with van der Waals surface area (Å²) < 4.78 is 30.9. The van der Waals surface area contributed by atoms with Gasteiger partial charge in [0.2, 0.25) is 15.9 Å². The Morgan fingerprint density at radius 3 is 2.66 bits per heavy atom. The molecule has 5 aromatic rings. The number of phenols is 2. The number of nitrogens with zero attached hydrogens (tertiary/aromatic N) is 4. The van der Waals surface area contributed by atoms with Gasteiger partial charge in [0.15, 0.2) is 11.5 Å². The molecule has 0 spiro atoms. The number of hydrogen-bond acceptors (Lipinski definition) is 7. The van der Waals surface area contributed by atoms with E-state index in [-0.39, 0.29) is 29.7 Å². The van der Waals surface area contributed by atoms with Crippen LogP contribution >= 0.6 is 0 Å². The lowest BCUT2D eigenvalue weighted by atomic mass is 10.0. The van der Waals surface area contributed by atoms with Gasteiger partial charge in [0, 0.05) is 41.3 Å². The smallest absolute Gasteiger partial charge is 0.236 e. The van der Waals surface area contributed by atoms with Crippen LogP contribution in [0.15, 0.2) is 55.0 Å². The maximum Gasteiger partial charge on any atom is 0.236 e. The number of rotatable bonds is 6. The molecule has 0 aliphatic heterocycles. The Kier molecular flexibility index (Phi) is 5.28. The van der Waals surface area contributed by atoms with Crippen LogP contribution < -0.4 is 4.72 Å². The Balaban J connectivity index is 1.74. The number of para-hydroxylation sites is 1. The second-order valence-corrected chi connectivity index (χ2v) is 10.2. The van der Waals surface area contributed by atoms with Gasteiger partial charge in [-0.15, -0.1) is 0 Å². The van der Waals surface area contributed by atoms with Crippen molar-refractivity contribution in [2.24, 2.45) is 7.05 Å². The highest BCUT2D eigenvalue weighted by Gasteiger charge is 2.19. The lowest BCUT2D eigenvalue weighted by Gasteiger charge is -2.12. The first kappa shape index (κ1) is 22.5. The van der Waals surface area contributed by atoms with Crippen LogP contribution in [0.3, 0.4) is 0 Å². The van der Waals surface area contributed by atoms with Gasteiger partial charge in [-0.3, -0.25) is 9.40 Å². The fourth-order valence-corrected chi connectivity index (χ4v) is 4.86. The lowest BCUT2D eigenvalue weighted by molar-refractivity contribution is 0.398. The minimum absolute atomic E-state index is 0.0994. The molecule has 0 aliphatic rings. The van der Waals surface area contributed by atoms with Gasteiger partial charge < -0.3 is 19.9 Å². The van der Waals surface area contributed by atoms with Gasteiger partial charge in [0.25, 0.3) is 0 Å². The van der Waals surface area contributed by atoms with Crippen LogP contribution in [0.25, 0.3) is 32.9 Å². The van der Waals surface area contributed by atoms with E-state index in [1.807, 2.05) is 12.3 Å². The number of fused-ring (bicyclic) bond motifs is 2. The molecule has 0 bridgehead atoms. The van der Waals surface area contributed by atoms with Crippen LogP contribution in [-0.4, -0.2) is 48.8 Å². The number of anilines is 1. The number of sulfonamides is 1. The third kappa shape index (κ3) is 3.89. The Bertz CT molecular complexity index is 1700. The molecule has 2 aromatic carbocycles. The molecule has 5 rings (SSSR count). The van der Waals surface area contributed by atoms with E-state index in [1.165, 1.54) is 12.3 Å². The molecule has 0 saturated carbocycles. The van der Waals surface area contributed by atoms with Gasteiger partial charge in [0.1, 0.15) is 5.52 Å². The highest BCUT2D eigenvalue weighted by atomic mass is 32.2. The van der Waals surface area contributed by atoms with E-state index in [0.717, 1.165) is 10.9 Å². The number of aromatic nitrogens is 4. The minimum atomic E-state index is -3.58. The number of aryl methyl sites for hydroxylation is 1. The normalized spacial score (nSPS) is 11.9. The molecule has 11 heteroatoms. The summed E-state index contributed by atoms with van der Waals surface area (Å²) in [6.45, 7) is 1.70. The molecule has 3 aromatic heterocycles. The first-order valence-corrected chi connectivity index (χ1v) is 12.5. The predicted octanol–water partition coefficient (Wildman–Crippen LogP) is 3.52. The molecule has 0 amide bonds. The molecule has 0 fully saturated rings. The van der Waals surface area contributed by atoms with Crippen molar-refractivity contribution in [2.45, 2.75) is 13.5 Å². The number of pyridine rings is 1. The molecule has 35 heavy (non-hydrogen) atoms. The predicted molar refractivity (Wildman–Crippen MR) is 133 cm³/mol. The van der Waals surface area contributed by atoms with Crippen LogP contribution in [0.2, 0.25) is 0 Å². The third-order valence-electron chi connectivity index (χ3n) is 6.01. The number of hydrogen-bond donors (Lipinski definition) is 4. The molecule has 4 N–H and O–H groups in total. The maximum absolute atomic E-state index is 12.5. The van der Waals surface area contributed by atoms with E-state index in [0.29, 0.717) is 33.2 Å². The molecule has 0 atom stereocenters. The van der Waals surface area contributed by atoms with E-state index in [1.54, 1.807) is 53.7 Å². The topological polar surface area (TPSA) is 142 Å². The quantitative estimate of drug-likeness (QED) is 0.265. The summed E-state index contributed by atoms with van der Waals surface area (Å²) in [5.41, 5.74) is 3.46. The van der Waals surface area contributed by atoms with Crippen molar-refractivity contribution in [1.82, 2.24) is 19.3 Å². The van der Waals surface area contributed by atoms with E-state index in [2.05, 4.69) is 14.8 Å². The van der Waals surface area contributed by atoms with Crippen LogP contribution in [0, 0.1) is 0 Å². The lowest BCUT2D eigenvalue weighted by Crippen LogP contribution is -2.14. The molecule has 0 aliphatic carbocycles. The molecule has 0 radical (unpaired) electrons. The zero-order valence-corrected chi connectivity index (χ0v) is 19.8. The Labute approximate surface area is 200 Å². The summed E-state index contributed by atoms with van der Waals surface area (Å²) in [5, 5.41) is 36.2. The standard InChI is InChI=1S/C24H23N5O5S/c1-3-35(33,34)27-19-9-15(18-13-28(2)22-16(18)7-8-25-24(22)32)10-20-17(19)11-26-29(20)12-14-5-4-6-21(30)23(14)31/h4-11,13,27,30-31H,3,12H2,1-2H3,(H,25,32). The highest BCUT2D eigenvalue weighted by Crippen LogP contribution is 2.38. The average Bonchev–Trinajstić information content (AvgIpc) is 3.38. The maximum atomic E-state index is 12.5. The molecular formula is C24H23N5O5S. The zero-order valence-electron chi connectivity index (χ0n) is 19.0. The van der Waals surface area contributed by atoms with Crippen molar-refractivity contribution in [3.8, 4) is 28.5 Å². The van der Waals surface area contributed by atoms with Crippen molar-refractivity contribution < 1.29 is 23.7 Å². The summed E-state index contributed by atoms with van der Waals surface area (Å²) in [5.74, 6) is -0.678. The van der Waals surface area contributed by atoms with Crippen LogP contribution in [0.1, 0.15) is 12.5 Å². The van der Waals surface area contributed by atoms with Gasteiger partial charge in [-0.05, 0) is 36.8 Å². The van der Waals surface area contributed by atoms with E-state index >= 15 is 0 Å². The monoisotopic (exact) mass is 493 g/mol. The average molecular weight is 494 g/mol. The van der Waals surface area contributed by atoms with Gasteiger partial charge in [-0.25, -0.2) is 13.4 Å². The van der Waals surface area contributed by atoms with E-state index in [4.69, 9.17) is 0 Å². The minimum Gasteiger partial charge on any atom is -0.504 e. The van der Waals surface area contributed by atoms with E-state index < -0.39 is 10.0 Å². The Morgan fingerprint density at radius 1 is 1.09 bits per heavy atom. The first-order chi connectivity index (χ1) is 16.7. The fourth-order valence-electron chi connectivity index (χ4n) is 4.21. The SMILES string of the molecule is CCS(=O)(=O)Nc1cc(-c2cn(C)c3c(O)nccc23)cc2c1cnn2Cc1cccc(O)c1O. The number of benzene rings is 2. The van der Waals surface area contributed by atoms with Crippen LogP contribution in [0.4, 0.5) is 5.69 Å². The highest BCUT2D eigenvalue weighted by molar-refractivity contribution is 7.92. The summed E-state index contributed by atoms with van der Waals surface area (Å²) in [7, 11) is -1.79. The second-order valence-electron chi connectivity index (χ2n) is 8.23. The zero-order chi connectivity index (χ0) is 24.9. The summed E-state index contributed by atoms with van der Waals surface area (Å²) >= 11 is 0. The first-order valence-electron chi connectivity index (χ1n) is 10.8. The molecular weight excluding hydrogens is 470 g/mol. The van der Waals surface area contributed by atoms with Gasteiger partial charge in [0.05, 0.1) is 29.7 Å². The molecule has 0 unspecified atom stereocenters. The Morgan fingerprint density at radius 2 is 1.89 bits per heavy atom. The van der Waals surface area contributed by atoms with E-state index in [9.17, 15) is 23.7 Å². The van der Waals surface area contributed by atoms with Gasteiger partial charge in [-0.2, -0.15) is 5.10 Å². The molecule has 0 saturated heterocycles. The third-order valence-corrected chi connectivity index (χ3v) is 7.30. The van der Waals surface area contributed by atoms with Crippen LogP contribution in [-0.2, 0) is 23.6 Å². The van der Waals surface area contributed by atoms with Crippen LogP contribution in [0.5, 0.6) is 17.4 Å². The molecule has 3 heterocycles.